The van der Waals surface area contributed by atoms with E-state index in [2.05, 4.69) is 9.97 Å². The molecule has 3 aromatic rings. The highest BCUT2D eigenvalue weighted by Gasteiger charge is 2.20. The van der Waals surface area contributed by atoms with Crippen molar-refractivity contribution < 1.29 is 14.3 Å². The van der Waals surface area contributed by atoms with E-state index in [9.17, 15) is 4.79 Å². The maximum atomic E-state index is 13.1. The summed E-state index contributed by atoms with van der Waals surface area (Å²) in [5.74, 6) is 1.16. The standard InChI is InChI=1S/C23H25N3O3S/c1-17-25-22(16-30-17)23(27)26(13-20-6-2-3-9-24-20)12-18-5-4-7-21(11-18)29-15-19-8-10-28-14-19/h2-7,9,11,16,19H,8,10,12-15H2,1H3. The highest BCUT2D eigenvalue weighted by molar-refractivity contribution is 7.09. The molecule has 6 nitrogen and oxygen atoms in total. The predicted molar refractivity (Wildman–Crippen MR) is 116 cm³/mol. The fourth-order valence-electron chi connectivity index (χ4n) is 3.39. The summed E-state index contributed by atoms with van der Waals surface area (Å²) in [5, 5.41) is 2.69. The van der Waals surface area contributed by atoms with Crippen molar-refractivity contribution in [1.29, 1.82) is 0 Å². The molecule has 3 heterocycles. The van der Waals surface area contributed by atoms with E-state index in [1.54, 1.807) is 11.1 Å². The molecule has 0 radical (unpaired) electrons. The number of amides is 1. The molecule has 0 bridgehead atoms. The molecule has 1 atom stereocenters. The van der Waals surface area contributed by atoms with Crippen molar-refractivity contribution in [2.75, 3.05) is 19.8 Å². The molecule has 1 aliphatic heterocycles. The first-order chi connectivity index (χ1) is 14.7. The molecule has 30 heavy (non-hydrogen) atoms. The molecule has 2 aromatic heterocycles. The Bertz CT molecular complexity index is 971. The maximum Gasteiger partial charge on any atom is 0.273 e. The normalized spacial score (nSPS) is 15.8. The van der Waals surface area contributed by atoms with Gasteiger partial charge in [-0.25, -0.2) is 4.98 Å². The Morgan fingerprint density at radius 2 is 2.20 bits per heavy atom. The van der Waals surface area contributed by atoms with Crippen LogP contribution in [0.1, 0.15) is 33.2 Å². The number of carbonyl (C=O) groups is 1. The number of hydrogen-bond acceptors (Lipinski definition) is 6. The zero-order valence-corrected chi connectivity index (χ0v) is 17.8. The van der Waals surface area contributed by atoms with Crippen molar-refractivity contribution in [2.24, 2.45) is 5.92 Å². The van der Waals surface area contributed by atoms with Gasteiger partial charge in [0, 0.05) is 30.6 Å². The van der Waals surface area contributed by atoms with Crippen LogP contribution in [0.15, 0.2) is 54.0 Å². The van der Waals surface area contributed by atoms with Crippen LogP contribution in [0.25, 0.3) is 0 Å². The second-order valence-electron chi connectivity index (χ2n) is 7.42. The van der Waals surface area contributed by atoms with Crippen LogP contribution in [-0.4, -0.2) is 40.6 Å². The molecular weight excluding hydrogens is 398 g/mol. The van der Waals surface area contributed by atoms with Crippen LogP contribution in [0.3, 0.4) is 0 Å². The second kappa shape index (κ2) is 9.82. The number of ether oxygens (including phenoxy) is 2. The van der Waals surface area contributed by atoms with Gasteiger partial charge in [0.2, 0.25) is 0 Å². The first-order valence-corrected chi connectivity index (χ1v) is 11.0. The number of hydrogen-bond donors (Lipinski definition) is 0. The summed E-state index contributed by atoms with van der Waals surface area (Å²) in [4.78, 5) is 23.7. The van der Waals surface area contributed by atoms with Gasteiger partial charge in [0.1, 0.15) is 11.4 Å². The third-order valence-corrected chi connectivity index (χ3v) is 5.76. The smallest absolute Gasteiger partial charge is 0.273 e. The summed E-state index contributed by atoms with van der Waals surface area (Å²) < 4.78 is 11.4. The molecule has 1 aromatic carbocycles. The average molecular weight is 424 g/mol. The number of rotatable bonds is 8. The van der Waals surface area contributed by atoms with Crippen LogP contribution in [0.4, 0.5) is 0 Å². The second-order valence-corrected chi connectivity index (χ2v) is 8.48. The van der Waals surface area contributed by atoms with Crippen molar-refractivity contribution in [3.05, 3.63) is 76.0 Å². The number of thiazole rings is 1. The lowest BCUT2D eigenvalue weighted by Crippen LogP contribution is -2.30. The third-order valence-electron chi connectivity index (χ3n) is 4.99. The minimum Gasteiger partial charge on any atom is -0.493 e. The summed E-state index contributed by atoms with van der Waals surface area (Å²) in [6.07, 6.45) is 2.78. The van der Waals surface area contributed by atoms with E-state index in [0.29, 0.717) is 31.3 Å². The number of carbonyl (C=O) groups excluding carboxylic acids is 1. The predicted octanol–water partition coefficient (Wildman–Crippen LogP) is 4.10. The lowest BCUT2D eigenvalue weighted by Gasteiger charge is -2.22. The number of pyridine rings is 1. The Hall–Kier alpha value is -2.77. The molecule has 1 unspecified atom stereocenters. The summed E-state index contributed by atoms with van der Waals surface area (Å²) in [6, 6.07) is 13.7. The molecule has 1 fully saturated rings. The zero-order chi connectivity index (χ0) is 20.8. The molecule has 0 spiro atoms. The first-order valence-electron chi connectivity index (χ1n) is 10.1. The number of aromatic nitrogens is 2. The average Bonchev–Trinajstić information content (AvgIpc) is 3.44. The van der Waals surface area contributed by atoms with Crippen LogP contribution in [-0.2, 0) is 17.8 Å². The quantitative estimate of drug-likeness (QED) is 0.546. The van der Waals surface area contributed by atoms with Gasteiger partial charge in [0.05, 0.1) is 30.5 Å². The summed E-state index contributed by atoms with van der Waals surface area (Å²) in [7, 11) is 0. The largest absolute Gasteiger partial charge is 0.493 e. The van der Waals surface area contributed by atoms with Gasteiger partial charge in [-0.2, -0.15) is 0 Å². The van der Waals surface area contributed by atoms with Gasteiger partial charge in [-0.05, 0) is 43.2 Å². The monoisotopic (exact) mass is 423 g/mol. The Morgan fingerprint density at radius 1 is 1.27 bits per heavy atom. The Kier molecular flexibility index (Phi) is 6.71. The molecule has 0 aliphatic carbocycles. The van der Waals surface area contributed by atoms with Gasteiger partial charge in [-0.3, -0.25) is 9.78 Å². The molecule has 1 aliphatic rings. The van der Waals surface area contributed by atoms with E-state index in [1.807, 2.05) is 54.8 Å². The van der Waals surface area contributed by atoms with Crippen LogP contribution >= 0.6 is 11.3 Å². The van der Waals surface area contributed by atoms with Crippen molar-refractivity contribution in [3.8, 4) is 5.75 Å². The Morgan fingerprint density at radius 3 is 2.93 bits per heavy atom. The lowest BCUT2D eigenvalue weighted by molar-refractivity contribution is 0.0722. The molecule has 1 saturated heterocycles. The van der Waals surface area contributed by atoms with Crippen molar-refractivity contribution >= 4 is 17.2 Å². The van der Waals surface area contributed by atoms with Gasteiger partial charge in [-0.1, -0.05) is 18.2 Å². The van der Waals surface area contributed by atoms with E-state index < -0.39 is 0 Å². The summed E-state index contributed by atoms with van der Waals surface area (Å²) in [6.45, 7) is 5.00. The summed E-state index contributed by atoms with van der Waals surface area (Å²) >= 11 is 1.48. The Balaban J connectivity index is 1.49. The summed E-state index contributed by atoms with van der Waals surface area (Å²) in [5.41, 5.74) is 2.32. The van der Waals surface area contributed by atoms with E-state index in [4.69, 9.17) is 9.47 Å². The van der Waals surface area contributed by atoms with Crippen molar-refractivity contribution in [1.82, 2.24) is 14.9 Å². The van der Waals surface area contributed by atoms with Gasteiger partial charge >= 0.3 is 0 Å². The molecule has 0 saturated carbocycles. The molecule has 1 amide bonds. The highest BCUT2D eigenvalue weighted by atomic mass is 32.1. The maximum absolute atomic E-state index is 13.1. The van der Waals surface area contributed by atoms with E-state index in [0.717, 1.165) is 41.6 Å². The topological polar surface area (TPSA) is 64.6 Å². The number of nitrogens with zero attached hydrogens (tertiary/aromatic N) is 3. The molecule has 0 N–H and O–H groups in total. The minimum absolute atomic E-state index is 0.0978. The van der Waals surface area contributed by atoms with Crippen LogP contribution in [0.2, 0.25) is 0 Å². The number of benzene rings is 1. The van der Waals surface area contributed by atoms with Crippen molar-refractivity contribution in [3.63, 3.8) is 0 Å². The van der Waals surface area contributed by atoms with E-state index in [1.165, 1.54) is 11.3 Å². The lowest BCUT2D eigenvalue weighted by atomic mass is 10.1. The molecule has 156 valence electrons. The van der Waals surface area contributed by atoms with E-state index in [-0.39, 0.29) is 5.91 Å². The first kappa shape index (κ1) is 20.5. The molecule has 7 heteroatoms. The Labute approximate surface area is 180 Å². The van der Waals surface area contributed by atoms with Crippen LogP contribution in [0, 0.1) is 12.8 Å². The highest BCUT2D eigenvalue weighted by Crippen LogP contribution is 2.20. The van der Waals surface area contributed by atoms with Gasteiger partial charge in [0.15, 0.2) is 0 Å². The van der Waals surface area contributed by atoms with Crippen molar-refractivity contribution in [2.45, 2.75) is 26.4 Å². The third kappa shape index (κ3) is 5.43. The molecule has 4 rings (SSSR count). The van der Waals surface area contributed by atoms with Crippen LogP contribution in [0.5, 0.6) is 5.75 Å². The zero-order valence-electron chi connectivity index (χ0n) is 17.0. The van der Waals surface area contributed by atoms with Gasteiger partial charge in [0.25, 0.3) is 5.91 Å². The van der Waals surface area contributed by atoms with Gasteiger partial charge < -0.3 is 14.4 Å². The fraction of sp³-hybridized carbons (Fsp3) is 0.348. The van der Waals surface area contributed by atoms with Crippen LogP contribution < -0.4 is 4.74 Å². The minimum atomic E-state index is -0.0978. The molecular formula is C23H25N3O3S. The number of aryl methyl sites for hydroxylation is 1. The van der Waals surface area contributed by atoms with E-state index >= 15 is 0 Å². The SMILES string of the molecule is Cc1nc(C(=O)N(Cc2cccc(OCC3CCOC3)c2)Cc2ccccn2)cs1. The fourth-order valence-corrected chi connectivity index (χ4v) is 3.98. The van der Waals surface area contributed by atoms with Gasteiger partial charge in [-0.15, -0.1) is 11.3 Å².